The Labute approximate surface area is 163 Å². The lowest BCUT2D eigenvalue weighted by Crippen LogP contribution is -2.27. The van der Waals surface area contributed by atoms with Gasteiger partial charge in [-0.2, -0.15) is 0 Å². The number of hydrogen-bond acceptors (Lipinski definition) is 2. The third-order valence-corrected chi connectivity index (χ3v) is 7.10. The number of hydrogen-bond donors (Lipinski definition) is 2. The Morgan fingerprint density at radius 1 is 1.18 bits per heavy atom. The van der Waals surface area contributed by atoms with Gasteiger partial charge < -0.3 is 4.98 Å². The molecule has 0 aliphatic heterocycles. The summed E-state index contributed by atoms with van der Waals surface area (Å²) in [5, 5.41) is 0.828. The maximum atomic E-state index is 14.7. The average Bonchev–Trinajstić information content (AvgIpc) is 3.41. The summed E-state index contributed by atoms with van der Waals surface area (Å²) in [6, 6.07) is 9.10. The summed E-state index contributed by atoms with van der Waals surface area (Å²) < 4.78 is 54.9. The van der Waals surface area contributed by atoms with Gasteiger partial charge >= 0.3 is 0 Å². The summed E-state index contributed by atoms with van der Waals surface area (Å²) >= 11 is 0. The van der Waals surface area contributed by atoms with Crippen molar-refractivity contribution in [3.05, 3.63) is 65.4 Å². The predicted octanol–water partition coefficient (Wildman–Crippen LogP) is 4.92. The first-order valence-electron chi connectivity index (χ1n) is 9.33. The molecule has 0 bridgehead atoms. The van der Waals surface area contributed by atoms with Crippen LogP contribution < -0.4 is 4.72 Å². The Hall–Kier alpha value is -2.41. The van der Waals surface area contributed by atoms with Crippen molar-refractivity contribution >= 4 is 26.6 Å². The van der Waals surface area contributed by atoms with E-state index in [9.17, 15) is 17.2 Å². The van der Waals surface area contributed by atoms with Crippen molar-refractivity contribution in [3.8, 4) is 0 Å². The molecule has 0 radical (unpaired) electrons. The van der Waals surface area contributed by atoms with Gasteiger partial charge in [0.15, 0.2) is 0 Å². The Bertz CT molecular complexity index is 1150. The van der Waals surface area contributed by atoms with Gasteiger partial charge in [-0.05, 0) is 48.9 Å². The number of H-pyrrole nitrogens is 1. The van der Waals surface area contributed by atoms with Crippen molar-refractivity contribution in [2.75, 3.05) is 10.5 Å². The number of sulfonamides is 1. The van der Waals surface area contributed by atoms with Crippen LogP contribution in [0.25, 0.3) is 10.9 Å². The van der Waals surface area contributed by atoms with Crippen LogP contribution in [0.2, 0.25) is 0 Å². The molecule has 2 N–H and O–H groups in total. The molecule has 28 heavy (non-hydrogen) atoms. The molecule has 1 saturated carbocycles. The molecule has 4 nitrogen and oxygen atoms in total. The lowest BCUT2D eigenvalue weighted by Gasteiger charge is -2.31. The van der Waals surface area contributed by atoms with Crippen molar-refractivity contribution in [3.63, 3.8) is 0 Å². The molecule has 0 amide bonds. The molecule has 3 aromatic rings. The summed E-state index contributed by atoms with van der Waals surface area (Å²) in [7, 11) is -3.43. The Morgan fingerprint density at radius 2 is 1.93 bits per heavy atom. The minimum atomic E-state index is -3.43. The van der Waals surface area contributed by atoms with Crippen molar-refractivity contribution in [1.29, 1.82) is 0 Å². The Balaban J connectivity index is 1.89. The summed E-state index contributed by atoms with van der Waals surface area (Å²) in [6.07, 6.45) is 3.74. The van der Waals surface area contributed by atoms with E-state index in [2.05, 4.69) is 9.71 Å². The first-order valence-corrected chi connectivity index (χ1v) is 11.0. The maximum absolute atomic E-state index is 14.7. The fraction of sp³-hybridized carbons (Fsp3) is 0.333. The zero-order valence-electron chi connectivity index (χ0n) is 15.7. The molecule has 0 saturated heterocycles. The van der Waals surface area contributed by atoms with Gasteiger partial charge in [0.2, 0.25) is 10.0 Å². The SMILES string of the molecule is CCS(=O)(=O)Nc1cccc2c(C(C)(c3ccc(F)cc3F)C3CC3)c[nH]c12. The molecule has 2 aromatic carbocycles. The number of rotatable bonds is 6. The molecule has 1 aliphatic rings. The first kappa shape index (κ1) is 18.9. The summed E-state index contributed by atoms with van der Waals surface area (Å²) in [4.78, 5) is 3.17. The molecule has 1 fully saturated rings. The van der Waals surface area contributed by atoms with Crippen molar-refractivity contribution < 1.29 is 17.2 Å². The second-order valence-electron chi connectivity index (χ2n) is 7.54. The fourth-order valence-corrected chi connectivity index (χ4v) is 4.71. The Kier molecular flexibility index (Phi) is 4.45. The lowest BCUT2D eigenvalue weighted by molar-refractivity contribution is 0.460. The smallest absolute Gasteiger partial charge is 0.232 e. The van der Waals surface area contributed by atoms with Gasteiger partial charge in [-0.15, -0.1) is 0 Å². The van der Waals surface area contributed by atoms with Gasteiger partial charge in [0.05, 0.1) is 17.0 Å². The standard InChI is InChI=1S/C21H22F2N2O2S/c1-3-28(26,27)25-19-6-4-5-15-17(12-24-20(15)19)21(2,13-7-8-13)16-10-9-14(22)11-18(16)23/h4-6,9-13,24-25H,3,7-8H2,1-2H3. The largest absolute Gasteiger partial charge is 0.359 e. The summed E-state index contributed by atoms with van der Waals surface area (Å²) in [6.45, 7) is 3.55. The zero-order valence-corrected chi connectivity index (χ0v) is 16.5. The van der Waals surface area contributed by atoms with Gasteiger partial charge in [0.1, 0.15) is 11.6 Å². The molecule has 1 aliphatic carbocycles. The van der Waals surface area contributed by atoms with Crippen molar-refractivity contribution in [1.82, 2.24) is 4.98 Å². The number of aromatic amines is 1. The van der Waals surface area contributed by atoms with Crippen LogP contribution in [-0.4, -0.2) is 19.2 Å². The summed E-state index contributed by atoms with van der Waals surface area (Å²) in [5.74, 6) is -0.957. The van der Waals surface area contributed by atoms with Crippen LogP contribution >= 0.6 is 0 Å². The molecule has 4 rings (SSSR count). The number of para-hydroxylation sites is 1. The van der Waals surface area contributed by atoms with Gasteiger partial charge in [-0.1, -0.05) is 25.1 Å². The van der Waals surface area contributed by atoms with E-state index < -0.39 is 27.1 Å². The fourth-order valence-electron chi connectivity index (χ4n) is 4.07. The van der Waals surface area contributed by atoms with E-state index >= 15 is 0 Å². The van der Waals surface area contributed by atoms with Gasteiger partial charge in [0.25, 0.3) is 0 Å². The van der Waals surface area contributed by atoms with E-state index in [0.29, 0.717) is 16.8 Å². The quantitative estimate of drug-likeness (QED) is 0.612. The molecular weight excluding hydrogens is 382 g/mol. The number of halogens is 2. The van der Waals surface area contributed by atoms with Crippen LogP contribution in [0.1, 0.15) is 37.8 Å². The molecule has 148 valence electrons. The maximum Gasteiger partial charge on any atom is 0.232 e. The summed E-state index contributed by atoms with van der Waals surface area (Å²) in [5.41, 5.74) is 1.82. The molecule has 0 spiro atoms. The van der Waals surface area contributed by atoms with Crippen LogP contribution in [0.15, 0.2) is 42.6 Å². The second-order valence-corrected chi connectivity index (χ2v) is 9.55. The third-order valence-electron chi connectivity index (χ3n) is 5.80. The molecule has 1 heterocycles. The van der Waals surface area contributed by atoms with Crippen LogP contribution in [0.4, 0.5) is 14.5 Å². The van der Waals surface area contributed by atoms with Gasteiger partial charge in [-0.3, -0.25) is 4.72 Å². The first-order chi connectivity index (χ1) is 13.3. The minimum absolute atomic E-state index is 0.0302. The number of anilines is 1. The van der Waals surface area contributed by atoms with Gasteiger partial charge in [0, 0.05) is 23.1 Å². The minimum Gasteiger partial charge on any atom is -0.359 e. The number of nitrogens with one attached hydrogen (secondary N) is 2. The van der Waals surface area contributed by atoms with E-state index in [-0.39, 0.29) is 11.7 Å². The van der Waals surface area contributed by atoms with E-state index in [1.54, 1.807) is 19.1 Å². The average molecular weight is 404 g/mol. The van der Waals surface area contributed by atoms with Crippen LogP contribution in [0, 0.1) is 17.6 Å². The van der Waals surface area contributed by atoms with Crippen LogP contribution in [0.5, 0.6) is 0 Å². The van der Waals surface area contributed by atoms with Gasteiger partial charge in [-0.25, -0.2) is 17.2 Å². The van der Waals surface area contributed by atoms with Crippen molar-refractivity contribution in [2.24, 2.45) is 5.92 Å². The topological polar surface area (TPSA) is 62.0 Å². The number of aromatic nitrogens is 1. The molecule has 1 aromatic heterocycles. The highest BCUT2D eigenvalue weighted by molar-refractivity contribution is 7.92. The van der Waals surface area contributed by atoms with E-state index in [4.69, 9.17) is 0 Å². The van der Waals surface area contributed by atoms with E-state index in [1.807, 2.05) is 19.2 Å². The second kappa shape index (κ2) is 6.58. The molecule has 1 unspecified atom stereocenters. The molecular formula is C21H22F2N2O2S. The Morgan fingerprint density at radius 3 is 2.57 bits per heavy atom. The highest BCUT2D eigenvalue weighted by Crippen LogP contribution is 2.53. The highest BCUT2D eigenvalue weighted by atomic mass is 32.2. The number of fused-ring (bicyclic) bond motifs is 1. The zero-order chi connectivity index (χ0) is 20.1. The van der Waals surface area contributed by atoms with E-state index in [0.717, 1.165) is 29.9 Å². The van der Waals surface area contributed by atoms with Crippen molar-refractivity contribution in [2.45, 2.75) is 32.1 Å². The third kappa shape index (κ3) is 3.07. The van der Waals surface area contributed by atoms with Crippen LogP contribution in [0.3, 0.4) is 0 Å². The normalized spacial score (nSPS) is 16.9. The monoisotopic (exact) mass is 404 g/mol. The highest BCUT2D eigenvalue weighted by Gasteiger charge is 2.46. The number of benzene rings is 2. The van der Waals surface area contributed by atoms with Crippen LogP contribution in [-0.2, 0) is 15.4 Å². The molecule has 1 atom stereocenters. The lowest BCUT2D eigenvalue weighted by atomic mass is 9.72. The predicted molar refractivity (Wildman–Crippen MR) is 107 cm³/mol. The van der Waals surface area contributed by atoms with E-state index in [1.165, 1.54) is 12.1 Å². The molecule has 7 heteroatoms.